The molecule has 0 aromatic carbocycles. The van der Waals surface area contributed by atoms with Crippen molar-refractivity contribution in [1.29, 1.82) is 0 Å². The van der Waals surface area contributed by atoms with Crippen molar-refractivity contribution in [3.05, 3.63) is 0 Å². The summed E-state index contributed by atoms with van der Waals surface area (Å²) in [6, 6.07) is 0.662. The van der Waals surface area contributed by atoms with Crippen LogP contribution in [0.4, 0.5) is 0 Å². The molecule has 2 unspecified atom stereocenters. The summed E-state index contributed by atoms with van der Waals surface area (Å²) in [5.74, 6) is 2.57. The van der Waals surface area contributed by atoms with Gasteiger partial charge in [0.2, 0.25) is 0 Å². The summed E-state index contributed by atoms with van der Waals surface area (Å²) < 4.78 is 5.92. The summed E-state index contributed by atoms with van der Waals surface area (Å²) in [5.41, 5.74) is 6.45. The standard InChI is InChI=1S/C13H24N2OS/c14-10-13(4-8-17-9-5-13)15-6-7-16-12-3-1-2-11(12)15/h11-12H,1-10,14H2. The molecule has 0 aromatic rings. The largest absolute Gasteiger partial charge is 0.375 e. The van der Waals surface area contributed by atoms with Crippen molar-refractivity contribution in [2.45, 2.75) is 49.8 Å². The first kappa shape index (κ1) is 12.3. The Balaban J connectivity index is 1.79. The van der Waals surface area contributed by atoms with Crippen LogP contribution in [0.5, 0.6) is 0 Å². The zero-order valence-electron chi connectivity index (χ0n) is 10.6. The molecule has 3 aliphatic rings. The number of rotatable bonds is 2. The highest BCUT2D eigenvalue weighted by molar-refractivity contribution is 7.99. The summed E-state index contributed by atoms with van der Waals surface area (Å²) in [6.45, 7) is 2.84. The van der Waals surface area contributed by atoms with Crippen LogP contribution in [-0.2, 0) is 4.74 Å². The highest BCUT2D eigenvalue weighted by Crippen LogP contribution is 2.39. The molecule has 3 fully saturated rings. The molecular weight excluding hydrogens is 232 g/mol. The van der Waals surface area contributed by atoms with Crippen molar-refractivity contribution in [3.8, 4) is 0 Å². The average molecular weight is 256 g/mol. The number of nitrogens with zero attached hydrogens (tertiary/aromatic N) is 1. The molecule has 3 rings (SSSR count). The molecule has 0 aromatic heterocycles. The lowest BCUT2D eigenvalue weighted by molar-refractivity contribution is -0.0996. The molecule has 17 heavy (non-hydrogen) atoms. The molecule has 0 spiro atoms. The lowest BCUT2D eigenvalue weighted by atomic mass is 9.87. The van der Waals surface area contributed by atoms with Crippen LogP contribution in [0.1, 0.15) is 32.1 Å². The van der Waals surface area contributed by atoms with E-state index < -0.39 is 0 Å². The number of nitrogens with two attached hydrogens (primary N) is 1. The summed E-state index contributed by atoms with van der Waals surface area (Å²) in [7, 11) is 0. The van der Waals surface area contributed by atoms with Gasteiger partial charge in [-0.05, 0) is 43.6 Å². The first-order valence-corrected chi connectivity index (χ1v) is 8.17. The van der Waals surface area contributed by atoms with Crippen molar-refractivity contribution in [3.63, 3.8) is 0 Å². The number of hydrogen-bond acceptors (Lipinski definition) is 4. The summed E-state index contributed by atoms with van der Waals surface area (Å²) in [6.07, 6.45) is 6.97. The first-order valence-electron chi connectivity index (χ1n) is 7.02. The van der Waals surface area contributed by atoms with Crippen molar-refractivity contribution in [2.75, 3.05) is 31.2 Å². The molecule has 1 aliphatic carbocycles. The minimum absolute atomic E-state index is 0.294. The van der Waals surface area contributed by atoms with Crippen LogP contribution >= 0.6 is 11.8 Å². The average Bonchev–Trinajstić information content (AvgIpc) is 2.87. The molecule has 2 aliphatic heterocycles. The van der Waals surface area contributed by atoms with Crippen LogP contribution in [-0.4, -0.2) is 53.8 Å². The number of thioether (sulfide) groups is 1. The van der Waals surface area contributed by atoms with E-state index in [0.29, 0.717) is 17.7 Å². The fraction of sp³-hybridized carbons (Fsp3) is 1.00. The van der Waals surface area contributed by atoms with E-state index in [1.807, 2.05) is 0 Å². The minimum Gasteiger partial charge on any atom is -0.375 e. The van der Waals surface area contributed by atoms with E-state index in [1.165, 1.54) is 43.6 Å². The van der Waals surface area contributed by atoms with Crippen molar-refractivity contribution < 1.29 is 4.74 Å². The maximum absolute atomic E-state index is 6.16. The first-order chi connectivity index (χ1) is 8.36. The summed E-state index contributed by atoms with van der Waals surface area (Å²) >= 11 is 2.09. The van der Waals surface area contributed by atoms with Crippen LogP contribution in [0, 0.1) is 0 Å². The van der Waals surface area contributed by atoms with Crippen LogP contribution in [0.3, 0.4) is 0 Å². The summed E-state index contributed by atoms with van der Waals surface area (Å²) in [4.78, 5) is 2.74. The SMILES string of the molecule is NCC1(N2CCOC3CCCC32)CCSCC1. The van der Waals surface area contributed by atoms with Crippen LogP contribution in [0.2, 0.25) is 0 Å². The van der Waals surface area contributed by atoms with E-state index >= 15 is 0 Å². The van der Waals surface area contributed by atoms with Gasteiger partial charge in [0.15, 0.2) is 0 Å². The Bertz CT molecular complexity index is 268. The van der Waals surface area contributed by atoms with Crippen LogP contribution in [0.25, 0.3) is 0 Å². The maximum Gasteiger partial charge on any atom is 0.0731 e. The quantitative estimate of drug-likeness (QED) is 0.812. The molecule has 0 radical (unpaired) electrons. The van der Waals surface area contributed by atoms with Crippen LogP contribution < -0.4 is 5.73 Å². The fourth-order valence-electron chi connectivity index (χ4n) is 3.87. The third-order valence-corrected chi connectivity index (χ3v) is 5.88. The van der Waals surface area contributed by atoms with Gasteiger partial charge in [0.25, 0.3) is 0 Å². The lowest BCUT2D eigenvalue weighted by Crippen LogP contribution is -2.64. The van der Waals surface area contributed by atoms with E-state index in [4.69, 9.17) is 10.5 Å². The molecule has 0 amide bonds. The Kier molecular flexibility index (Phi) is 3.67. The molecule has 3 nitrogen and oxygen atoms in total. The van der Waals surface area contributed by atoms with Crippen molar-refractivity contribution in [1.82, 2.24) is 4.90 Å². The fourth-order valence-corrected chi connectivity index (χ4v) is 5.13. The van der Waals surface area contributed by atoms with Gasteiger partial charge in [0.1, 0.15) is 0 Å². The minimum atomic E-state index is 0.294. The smallest absolute Gasteiger partial charge is 0.0731 e. The molecule has 2 saturated heterocycles. The number of hydrogen-bond donors (Lipinski definition) is 1. The van der Waals surface area contributed by atoms with E-state index in [0.717, 1.165) is 19.7 Å². The highest BCUT2D eigenvalue weighted by Gasteiger charge is 2.46. The topological polar surface area (TPSA) is 38.5 Å². The second-order valence-corrected chi connectivity index (χ2v) is 6.87. The molecule has 2 atom stereocenters. The molecule has 2 N–H and O–H groups in total. The Labute approximate surface area is 108 Å². The van der Waals surface area contributed by atoms with Gasteiger partial charge in [-0.15, -0.1) is 0 Å². The Morgan fingerprint density at radius 1 is 1.29 bits per heavy atom. The Morgan fingerprint density at radius 2 is 2.12 bits per heavy atom. The Hall–Kier alpha value is 0.230. The van der Waals surface area contributed by atoms with Gasteiger partial charge in [0, 0.05) is 24.7 Å². The predicted molar refractivity (Wildman–Crippen MR) is 72.4 cm³/mol. The van der Waals surface area contributed by atoms with E-state index in [-0.39, 0.29) is 0 Å². The van der Waals surface area contributed by atoms with E-state index in [9.17, 15) is 0 Å². The predicted octanol–water partition coefficient (Wildman–Crippen LogP) is 1.46. The van der Waals surface area contributed by atoms with Gasteiger partial charge in [-0.2, -0.15) is 11.8 Å². The van der Waals surface area contributed by atoms with Crippen LogP contribution in [0.15, 0.2) is 0 Å². The molecule has 4 heteroatoms. The third-order valence-electron chi connectivity index (χ3n) is 4.89. The Morgan fingerprint density at radius 3 is 2.88 bits per heavy atom. The number of fused-ring (bicyclic) bond motifs is 1. The van der Waals surface area contributed by atoms with E-state index in [1.54, 1.807) is 0 Å². The lowest BCUT2D eigenvalue weighted by Gasteiger charge is -2.52. The zero-order valence-corrected chi connectivity index (χ0v) is 11.4. The molecule has 1 saturated carbocycles. The second kappa shape index (κ2) is 5.08. The number of morpholine rings is 1. The molecule has 98 valence electrons. The maximum atomic E-state index is 6.16. The zero-order chi connectivity index (χ0) is 11.7. The highest BCUT2D eigenvalue weighted by atomic mass is 32.2. The van der Waals surface area contributed by atoms with Gasteiger partial charge in [-0.1, -0.05) is 0 Å². The number of ether oxygens (including phenoxy) is 1. The van der Waals surface area contributed by atoms with Gasteiger partial charge >= 0.3 is 0 Å². The molecule has 0 bridgehead atoms. The monoisotopic (exact) mass is 256 g/mol. The second-order valence-electron chi connectivity index (χ2n) is 5.64. The normalized spacial score (nSPS) is 37.9. The van der Waals surface area contributed by atoms with Gasteiger partial charge in [-0.3, -0.25) is 4.90 Å². The molecule has 2 heterocycles. The van der Waals surface area contributed by atoms with Gasteiger partial charge < -0.3 is 10.5 Å². The van der Waals surface area contributed by atoms with Gasteiger partial charge in [0.05, 0.1) is 12.7 Å². The van der Waals surface area contributed by atoms with Crippen molar-refractivity contribution >= 4 is 11.8 Å². The third kappa shape index (κ3) is 2.14. The molecular formula is C13H24N2OS. The summed E-state index contributed by atoms with van der Waals surface area (Å²) in [5, 5.41) is 0. The van der Waals surface area contributed by atoms with E-state index in [2.05, 4.69) is 16.7 Å². The van der Waals surface area contributed by atoms with Crippen molar-refractivity contribution in [2.24, 2.45) is 5.73 Å². The van der Waals surface area contributed by atoms with Gasteiger partial charge in [-0.25, -0.2) is 0 Å².